The van der Waals surface area contributed by atoms with E-state index < -0.39 is 0 Å². The highest BCUT2D eigenvalue weighted by Gasteiger charge is 2.23. The van der Waals surface area contributed by atoms with Crippen molar-refractivity contribution in [2.75, 3.05) is 37.7 Å². The number of nitrogens with one attached hydrogen (secondary N) is 1. The summed E-state index contributed by atoms with van der Waals surface area (Å²) in [6, 6.07) is 14.5. The first kappa shape index (κ1) is 20.6. The Balaban J connectivity index is 1.44. The second kappa shape index (κ2) is 8.97. The second-order valence-corrected chi connectivity index (χ2v) is 8.05. The van der Waals surface area contributed by atoms with Crippen molar-refractivity contribution in [1.29, 1.82) is 0 Å². The Morgan fingerprint density at radius 1 is 1.00 bits per heavy atom. The van der Waals surface area contributed by atoms with Crippen LogP contribution in [0, 0.1) is 18.6 Å². The molecule has 0 amide bonds. The third-order valence-corrected chi connectivity index (χ3v) is 6.18. The SMILES string of the molecule is CCOc1ccccc1N1CC[NH+](Cn2nnn(-c3cccc(C)c3C)c2=S)CC1. The van der Waals surface area contributed by atoms with Crippen LogP contribution in [0.3, 0.4) is 0 Å². The van der Waals surface area contributed by atoms with Gasteiger partial charge in [0.25, 0.3) is 0 Å². The van der Waals surface area contributed by atoms with E-state index in [9.17, 15) is 0 Å². The summed E-state index contributed by atoms with van der Waals surface area (Å²) in [7, 11) is 0. The van der Waals surface area contributed by atoms with Gasteiger partial charge in [-0.1, -0.05) is 24.3 Å². The van der Waals surface area contributed by atoms with E-state index in [-0.39, 0.29) is 0 Å². The fourth-order valence-electron chi connectivity index (χ4n) is 3.92. The fourth-order valence-corrected chi connectivity index (χ4v) is 4.16. The molecule has 0 aliphatic carbocycles. The van der Waals surface area contributed by atoms with Crippen LogP contribution in [0.2, 0.25) is 0 Å². The highest BCUT2D eigenvalue weighted by atomic mass is 32.1. The van der Waals surface area contributed by atoms with Crippen LogP contribution in [0.4, 0.5) is 5.69 Å². The topological polar surface area (TPSA) is 52.6 Å². The summed E-state index contributed by atoms with van der Waals surface area (Å²) in [6.07, 6.45) is 0. The van der Waals surface area contributed by atoms with E-state index in [0.717, 1.165) is 44.3 Å². The second-order valence-electron chi connectivity index (χ2n) is 7.69. The maximum Gasteiger partial charge on any atom is 0.225 e. The summed E-state index contributed by atoms with van der Waals surface area (Å²) >= 11 is 5.69. The molecule has 0 bridgehead atoms. The van der Waals surface area contributed by atoms with Gasteiger partial charge >= 0.3 is 0 Å². The van der Waals surface area contributed by atoms with Gasteiger partial charge < -0.3 is 14.5 Å². The van der Waals surface area contributed by atoms with Crippen molar-refractivity contribution in [3.05, 3.63) is 58.4 Å². The molecule has 0 radical (unpaired) electrons. The summed E-state index contributed by atoms with van der Waals surface area (Å²) in [5.41, 5.74) is 4.57. The van der Waals surface area contributed by atoms with Crippen molar-refractivity contribution in [2.24, 2.45) is 0 Å². The number of para-hydroxylation sites is 2. The standard InChI is InChI=1S/C22H28N6OS/c1-4-29-21-11-6-5-9-20(21)26-14-12-25(13-15-26)16-27-22(30)28(24-23-27)19-10-7-8-17(2)18(19)3/h5-11H,4,12-16H2,1-3H3/p+1. The molecule has 0 unspecified atom stereocenters. The lowest BCUT2D eigenvalue weighted by Gasteiger charge is -2.34. The molecular formula is C22H29N6OS+. The average molecular weight is 426 g/mol. The van der Waals surface area contributed by atoms with Gasteiger partial charge in [-0.05, 0) is 72.7 Å². The number of piperazine rings is 1. The summed E-state index contributed by atoms with van der Waals surface area (Å²) in [6.45, 7) is 11.6. The Bertz CT molecular complexity index is 1070. The van der Waals surface area contributed by atoms with Gasteiger partial charge in [0.15, 0.2) is 6.67 Å². The van der Waals surface area contributed by atoms with Crippen LogP contribution in [0.5, 0.6) is 5.75 Å². The first-order valence-corrected chi connectivity index (χ1v) is 10.9. The molecule has 1 fully saturated rings. The molecule has 0 saturated carbocycles. The van der Waals surface area contributed by atoms with Crippen LogP contribution in [-0.2, 0) is 6.67 Å². The van der Waals surface area contributed by atoms with Crippen molar-refractivity contribution in [3.8, 4) is 11.4 Å². The number of anilines is 1. The largest absolute Gasteiger partial charge is 0.492 e. The minimum atomic E-state index is 0.639. The highest BCUT2D eigenvalue weighted by Crippen LogP contribution is 2.27. The molecule has 30 heavy (non-hydrogen) atoms. The summed E-state index contributed by atoms with van der Waals surface area (Å²) < 4.78 is 10.1. The predicted molar refractivity (Wildman–Crippen MR) is 120 cm³/mol. The lowest BCUT2D eigenvalue weighted by Crippen LogP contribution is -3.14. The number of benzene rings is 2. The number of quaternary nitrogens is 1. The third-order valence-electron chi connectivity index (χ3n) is 5.79. The van der Waals surface area contributed by atoms with Crippen molar-refractivity contribution in [2.45, 2.75) is 27.4 Å². The fraction of sp³-hybridized carbons (Fsp3) is 0.409. The lowest BCUT2D eigenvalue weighted by atomic mass is 10.1. The first-order chi connectivity index (χ1) is 14.6. The zero-order valence-corrected chi connectivity index (χ0v) is 18.7. The van der Waals surface area contributed by atoms with Crippen molar-refractivity contribution in [3.63, 3.8) is 0 Å². The van der Waals surface area contributed by atoms with Crippen LogP contribution in [0.15, 0.2) is 42.5 Å². The molecule has 1 aliphatic heterocycles. The zero-order chi connectivity index (χ0) is 21.1. The molecule has 158 valence electrons. The molecule has 3 aromatic rings. The van der Waals surface area contributed by atoms with Gasteiger partial charge in [-0.15, -0.1) is 0 Å². The summed E-state index contributed by atoms with van der Waals surface area (Å²) in [5.74, 6) is 0.960. The summed E-state index contributed by atoms with van der Waals surface area (Å²) in [5, 5.41) is 8.68. The van der Waals surface area contributed by atoms with Gasteiger partial charge in [-0.3, -0.25) is 0 Å². The molecule has 1 saturated heterocycles. The molecule has 1 aliphatic rings. The number of aromatic nitrogens is 4. The van der Waals surface area contributed by atoms with Gasteiger partial charge in [0.1, 0.15) is 5.75 Å². The van der Waals surface area contributed by atoms with E-state index in [1.807, 2.05) is 35.9 Å². The molecule has 1 N–H and O–H groups in total. The van der Waals surface area contributed by atoms with Crippen LogP contribution in [0.25, 0.3) is 5.69 Å². The van der Waals surface area contributed by atoms with E-state index in [1.165, 1.54) is 21.7 Å². The molecular weight excluding hydrogens is 396 g/mol. The van der Waals surface area contributed by atoms with Gasteiger partial charge in [0, 0.05) is 0 Å². The monoisotopic (exact) mass is 425 g/mol. The number of nitrogens with zero attached hydrogens (tertiary/aromatic N) is 5. The maximum atomic E-state index is 5.80. The Kier molecular flexibility index (Phi) is 6.15. The van der Waals surface area contributed by atoms with Gasteiger partial charge in [-0.2, -0.15) is 9.36 Å². The van der Waals surface area contributed by atoms with Gasteiger partial charge in [0.05, 0.1) is 44.2 Å². The Hall–Kier alpha value is -2.71. The van der Waals surface area contributed by atoms with Gasteiger partial charge in [-0.25, -0.2) is 0 Å². The molecule has 2 aromatic carbocycles. The Morgan fingerprint density at radius 3 is 2.50 bits per heavy atom. The van der Waals surface area contributed by atoms with Crippen molar-refractivity contribution < 1.29 is 9.64 Å². The highest BCUT2D eigenvalue weighted by molar-refractivity contribution is 7.71. The van der Waals surface area contributed by atoms with Crippen molar-refractivity contribution >= 4 is 17.9 Å². The number of hydrogen-bond acceptors (Lipinski definition) is 5. The molecule has 1 aromatic heterocycles. The first-order valence-electron chi connectivity index (χ1n) is 10.5. The third kappa shape index (κ3) is 4.11. The molecule has 4 rings (SSSR count). The Labute approximate surface area is 182 Å². The quantitative estimate of drug-likeness (QED) is 0.614. The zero-order valence-electron chi connectivity index (χ0n) is 17.8. The molecule has 8 heteroatoms. The predicted octanol–water partition coefficient (Wildman–Crippen LogP) is 2.18. The van der Waals surface area contributed by atoms with E-state index in [4.69, 9.17) is 17.0 Å². The van der Waals surface area contributed by atoms with Gasteiger partial charge in [0.2, 0.25) is 4.77 Å². The van der Waals surface area contributed by atoms with Crippen LogP contribution in [0.1, 0.15) is 18.1 Å². The van der Waals surface area contributed by atoms with E-state index in [0.29, 0.717) is 11.4 Å². The molecule has 0 spiro atoms. The van der Waals surface area contributed by atoms with Crippen LogP contribution in [-0.4, -0.2) is 52.6 Å². The minimum Gasteiger partial charge on any atom is -0.492 e. The molecule has 7 nitrogen and oxygen atoms in total. The van der Waals surface area contributed by atoms with E-state index in [2.05, 4.69) is 47.4 Å². The Morgan fingerprint density at radius 2 is 1.73 bits per heavy atom. The van der Waals surface area contributed by atoms with E-state index >= 15 is 0 Å². The minimum absolute atomic E-state index is 0.639. The molecule has 2 heterocycles. The number of ether oxygens (including phenoxy) is 1. The maximum absolute atomic E-state index is 5.80. The average Bonchev–Trinajstić information content (AvgIpc) is 3.11. The van der Waals surface area contributed by atoms with Crippen LogP contribution < -0.4 is 14.5 Å². The number of aryl methyl sites for hydroxylation is 1. The lowest BCUT2D eigenvalue weighted by molar-refractivity contribution is -0.924. The normalized spacial score (nSPS) is 14.8. The number of tetrazole rings is 1. The summed E-state index contributed by atoms with van der Waals surface area (Å²) in [4.78, 5) is 3.85. The number of hydrogen-bond donors (Lipinski definition) is 1. The smallest absolute Gasteiger partial charge is 0.225 e. The number of rotatable bonds is 6. The van der Waals surface area contributed by atoms with Crippen LogP contribution >= 0.6 is 12.2 Å². The molecule has 0 atom stereocenters. The van der Waals surface area contributed by atoms with E-state index in [1.54, 1.807) is 4.68 Å². The van der Waals surface area contributed by atoms with Crippen molar-refractivity contribution in [1.82, 2.24) is 19.8 Å².